The molecule has 0 aliphatic carbocycles. The SMILES string of the molecule is NC(Cc1cccc(F)c1)Cc1ccc(Br)cc1[N+](=O)[O-]. The number of hydrogen-bond acceptors (Lipinski definition) is 3. The number of nitro benzene ring substituents is 1. The van der Waals surface area contributed by atoms with E-state index in [0.717, 1.165) is 5.56 Å². The average Bonchev–Trinajstić information content (AvgIpc) is 2.40. The van der Waals surface area contributed by atoms with Gasteiger partial charge in [-0.3, -0.25) is 10.1 Å². The standard InChI is InChI=1S/C15H14BrFN2O2/c16-12-5-4-11(15(9-12)19(20)21)8-14(18)7-10-2-1-3-13(17)6-10/h1-6,9,14H,7-8,18H2. The van der Waals surface area contributed by atoms with Crippen LogP contribution in [0.4, 0.5) is 10.1 Å². The van der Waals surface area contributed by atoms with Crippen LogP contribution in [-0.4, -0.2) is 11.0 Å². The van der Waals surface area contributed by atoms with Crippen LogP contribution in [0.3, 0.4) is 0 Å². The minimum absolute atomic E-state index is 0.0408. The summed E-state index contributed by atoms with van der Waals surface area (Å²) in [5.74, 6) is -0.311. The van der Waals surface area contributed by atoms with Crippen molar-refractivity contribution in [3.63, 3.8) is 0 Å². The molecule has 6 heteroatoms. The first-order chi connectivity index (χ1) is 9.95. The third kappa shape index (κ3) is 4.34. The number of benzene rings is 2. The minimum atomic E-state index is -0.422. The Balaban J connectivity index is 2.12. The molecule has 0 aliphatic heterocycles. The highest BCUT2D eigenvalue weighted by molar-refractivity contribution is 9.10. The second kappa shape index (κ2) is 6.78. The topological polar surface area (TPSA) is 69.2 Å². The molecule has 2 aromatic rings. The van der Waals surface area contributed by atoms with Gasteiger partial charge < -0.3 is 5.73 Å². The Kier molecular flexibility index (Phi) is 5.03. The van der Waals surface area contributed by atoms with E-state index in [0.29, 0.717) is 22.9 Å². The van der Waals surface area contributed by atoms with E-state index in [2.05, 4.69) is 15.9 Å². The smallest absolute Gasteiger partial charge is 0.273 e. The van der Waals surface area contributed by atoms with Crippen LogP contribution in [0.15, 0.2) is 46.9 Å². The van der Waals surface area contributed by atoms with Gasteiger partial charge in [0.1, 0.15) is 5.82 Å². The predicted octanol–water partition coefficient (Wildman–Crippen LogP) is 3.61. The van der Waals surface area contributed by atoms with E-state index in [1.54, 1.807) is 24.3 Å². The lowest BCUT2D eigenvalue weighted by Crippen LogP contribution is -2.26. The first-order valence-corrected chi connectivity index (χ1v) is 7.18. The van der Waals surface area contributed by atoms with Crippen molar-refractivity contribution in [3.05, 3.63) is 74.0 Å². The summed E-state index contributed by atoms with van der Waals surface area (Å²) in [4.78, 5) is 10.6. The summed E-state index contributed by atoms with van der Waals surface area (Å²) in [6, 6.07) is 10.8. The van der Waals surface area contributed by atoms with Crippen LogP contribution in [0.5, 0.6) is 0 Å². The summed E-state index contributed by atoms with van der Waals surface area (Å²) in [6.07, 6.45) is 0.824. The van der Waals surface area contributed by atoms with E-state index in [-0.39, 0.29) is 17.5 Å². The maximum absolute atomic E-state index is 13.1. The van der Waals surface area contributed by atoms with Gasteiger partial charge in [-0.25, -0.2) is 4.39 Å². The normalized spacial score (nSPS) is 12.1. The van der Waals surface area contributed by atoms with E-state index in [9.17, 15) is 14.5 Å². The molecule has 1 unspecified atom stereocenters. The van der Waals surface area contributed by atoms with Crippen molar-refractivity contribution in [1.82, 2.24) is 0 Å². The van der Waals surface area contributed by atoms with Crippen LogP contribution in [0.25, 0.3) is 0 Å². The molecule has 0 radical (unpaired) electrons. The van der Waals surface area contributed by atoms with Crippen LogP contribution >= 0.6 is 15.9 Å². The van der Waals surface area contributed by atoms with Gasteiger partial charge in [-0.2, -0.15) is 0 Å². The molecule has 110 valence electrons. The van der Waals surface area contributed by atoms with Gasteiger partial charge in [0.25, 0.3) is 5.69 Å². The Hall–Kier alpha value is -1.79. The minimum Gasteiger partial charge on any atom is -0.327 e. The Morgan fingerprint density at radius 1 is 1.24 bits per heavy atom. The molecule has 0 aliphatic rings. The molecule has 2 N–H and O–H groups in total. The fourth-order valence-electron chi connectivity index (χ4n) is 2.20. The molecule has 0 aromatic heterocycles. The zero-order valence-corrected chi connectivity index (χ0v) is 12.7. The molecule has 0 amide bonds. The van der Waals surface area contributed by atoms with E-state index >= 15 is 0 Å². The quantitative estimate of drug-likeness (QED) is 0.660. The van der Waals surface area contributed by atoms with Gasteiger partial charge in [-0.1, -0.05) is 34.1 Å². The van der Waals surface area contributed by atoms with Crippen LogP contribution in [0.2, 0.25) is 0 Å². The van der Waals surface area contributed by atoms with Gasteiger partial charge in [0.15, 0.2) is 0 Å². The summed E-state index contributed by atoms with van der Waals surface area (Å²) in [5, 5.41) is 11.1. The molecule has 21 heavy (non-hydrogen) atoms. The summed E-state index contributed by atoms with van der Waals surface area (Å²) in [6.45, 7) is 0. The molecule has 0 saturated heterocycles. The average molecular weight is 353 g/mol. The lowest BCUT2D eigenvalue weighted by molar-refractivity contribution is -0.385. The highest BCUT2D eigenvalue weighted by Gasteiger charge is 2.17. The first-order valence-electron chi connectivity index (χ1n) is 6.38. The summed E-state index contributed by atoms with van der Waals surface area (Å²) < 4.78 is 13.8. The van der Waals surface area contributed by atoms with Crippen LogP contribution in [0.1, 0.15) is 11.1 Å². The van der Waals surface area contributed by atoms with Crippen molar-refractivity contribution in [3.8, 4) is 0 Å². The van der Waals surface area contributed by atoms with Gasteiger partial charge in [0.05, 0.1) is 4.92 Å². The second-order valence-electron chi connectivity index (χ2n) is 4.83. The number of rotatable bonds is 5. The molecule has 4 nitrogen and oxygen atoms in total. The molecule has 0 heterocycles. The summed E-state index contributed by atoms with van der Waals surface area (Å²) >= 11 is 3.22. The second-order valence-corrected chi connectivity index (χ2v) is 5.74. The highest BCUT2D eigenvalue weighted by atomic mass is 79.9. The van der Waals surface area contributed by atoms with E-state index < -0.39 is 4.92 Å². The van der Waals surface area contributed by atoms with Gasteiger partial charge >= 0.3 is 0 Å². The van der Waals surface area contributed by atoms with Crippen molar-refractivity contribution >= 4 is 21.6 Å². The van der Waals surface area contributed by atoms with Gasteiger partial charge in [-0.05, 0) is 36.6 Å². The van der Waals surface area contributed by atoms with Crippen LogP contribution in [0, 0.1) is 15.9 Å². The number of nitro groups is 1. The zero-order valence-electron chi connectivity index (χ0n) is 11.1. The fraction of sp³-hybridized carbons (Fsp3) is 0.200. The lowest BCUT2D eigenvalue weighted by Gasteiger charge is -2.12. The largest absolute Gasteiger partial charge is 0.327 e. The Morgan fingerprint density at radius 2 is 2.00 bits per heavy atom. The number of nitrogens with two attached hydrogens (primary N) is 1. The number of nitrogens with zero attached hydrogens (tertiary/aromatic N) is 1. The molecule has 1 atom stereocenters. The Labute approximate surface area is 130 Å². The summed E-state index contributed by atoms with van der Waals surface area (Å²) in [5.41, 5.74) is 7.43. The number of halogens is 2. The molecular weight excluding hydrogens is 339 g/mol. The fourth-order valence-corrected chi connectivity index (χ4v) is 2.55. The lowest BCUT2D eigenvalue weighted by atomic mass is 9.99. The van der Waals surface area contributed by atoms with Crippen molar-refractivity contribution in [2.24, 2.45) is 5.73 Å². The molecule has 0 fully saturated rings. The van der Waals surface area contributed by atoms with Crippen LogP contribution < -0.4 is 5.73 Å². The van der Waals surface area contributed by atoms with Crippen LogP contribution in [-0.2, 0) is 12.8 Å². The Morgan fingerprint density at radius 3 is 2.67 bits per heavy atom. The zero-order chi connectivity index (χ0) is 15.4. The van der Waals surface area contributed by atoms with Crippen molar-refractivity contribution < 1.29 is 9.31 Å². The van der Waals surface area contributed by atoms with Crippen molar-refractivity contribution in [2.75, 3.05) is 0 Å². The molecular formula is C15H14BrFN2O2. The van der Waals surface area contributed by atoms with Crippen molar-refractivity contribution in [1.29, 1.82) is 0 Å². The van der Waals surface area contributed by atoms with E-state index in [1.165, 1.54) is 18.2 Å². The Bertz CT molecular complexity index is 664. The monoisotopic (exact) mass is 352 g/mol. The van der Waals surface area contributed by atoms with Gasteiger partial charge in [-0.15, -0.1) is 0 Å². The summed E-state index contributed by atoms with van der Waals surface area (Å²) in [7, 11) is 0. The highest BCUT2D eigenvalue weighted by Crippen LogP contribution is 2.25. The maximum atomic E-state index is 13.1. The molecule has 2 aromatic carbocycles. The molecule has 0 saturated carbocycles. The number of hydrogen-bond donors (Lipinski definition) is 1. The molecule has 2 rings (SSSR count). The van der Waals surface area contributed by atoms with E-state index in [1.807, 2.05) is 0 Å². The van der Waals surface area contributed by atoms with Crippen molar-refractivity contribution in [2.45, 2.75) is 18.9 Å². The van der Waals surface area contributed by atoms with Gasteiger partial charge in [0, 0.05) is 22.1 Å². The third-order valence-corrected chi connectivity index (χ3v) is 3.61. The van der Waals surface area contributed by atoms with E-state index in [4.69, 9.17) is 5.73 Å². The van der Waals surface area contributed by atoms with Gasteiger partial charge in [0.2, 0.25) is 0 Å². The first kappa shape index (κ1) is 15.6. The molecule has 0 spiro atoms. The molecule has 0 bridgehead atoms. The predicted molar refractivity (Wildman–Crippen MR) is 82.6 cm³/mol. The third-order valence-electron chi connectivity index (χ3n) is 3.11. The maximum Gasteiger partial charge on any atom is 0.273 e.